The number of hydrogen-bond acceptors (Lipinski definition) is 5. The van der Waals surface area contributed by atoms with Crippen LogP contribution in [0.5, 0.6) is 0 Å². The summed E-state index contributed by atoms with van der Waals surface area (Å²) in [4.78, 5) is 41.5. The normalized spacial score (nSPS) is 19.9. The molecule has 7 nitrogen and oxygen atoms in total. The summed E-state index contributed by atoms with van der Waals surface area (Å²) in [6.45, 7) is 5.90. The number of anilines is 1. The topological polar surface area (TPSA) is 79.0 Å². The van der Waals surface area contributed by atoms with Gasteiger partial charge in [0, 0.05) is 42.0 Å². The highest BCUT2D eigenvalue weighted by atomic mass is 16.5. The molecule has 0 aliphatic carbocycles. The minimum Gasteiger partial charge on any atom is -0.466 e. The number of carbonyl (C=O) groups is 3. The highest BCUT2D eigenvalue weighted by Gasteiger charge is 2.36. The van der Waals surface area contributed by atoms with Gasteiger partial charge in [-0.3, -0.25) is 14.4 Å². The molecule has 1 fully saturated rings. The fraction of sp³-hybridized carbons (Fsp3) is 0.423. The lowest BCUT2D eigenvalue weighted by Gasteiger charge is -2.31. The summed E-state index contributed by atoms with van der Waals surface area (Å²) >= 11 is 0. The van der Waals surface area contributed by atoms with E-state index in [-0.39, 0.29) is 29.9 Å². The molecule has 2 heterocycles. The molecule has 1 N–H and O–H groups in total. The van der Waals surface area contributed by atoms with Crippen LogP contribution >= 0.6 is 0 Å². The summed E-state index contributed by atoms with van der Waals surface area (Å²) in [6.07, 6.45) is 2.18. The van der Waals surface area contributed by atoms with Crippen LogP contribution in [-0.4, -0.2) is 53.8 Å². The first kappa shape index (κ1) is 22.8. The van der Waals surface area contributed by atoms with Crippen LogP contribution in [0.2, 0.25) is 0 Å². The molecule has 2 aromatic carbocycles. The average Bonchev–Trinajstić information content (AvgIpc) is 3.11. The van der Waals surface area contributed by atoms with E-state index >= 15 is 0 Å². The standard InChI is InChI=1S/C26H31N3O4/c1-3-15-29-23(21-9-5-6-10-22(21)25(29)31)27-20-13-11-18(12-14-20)24(30)28-16-7-8-19(17-28)26(32)33-4-2/h5-6,9-14,19,23,27H,3-4,7-8,15-17H2,1-2H3. The van der Waals surface area contributed by atoms with Crippen LogP contribution in [0.4, 0.5) is 5.69 Å². The molecule has 0 spiro atoms. The Morgan fingerprint density at radius 2 is 1.85 bits per heavy atom. The predicted octanol–water partition coefficient (Wildman–Crippen LogP) is 4.08. The van der Waals surface area contributed by atoms with Crippen molar-refractivity contribution in [1.29, 1.82) is 0 Å². The van der Waals surface area contributed by atoms with Gasteiger partial charge in [0.25, 0.3) is 11.8 Å². The summed E-state index contributed by atoms with van der Waals surface area (Å²) in [5, 5.41) is 3.46. The Hall–Kier alpha value is -3.35. The van der Waals surface area contributed by atoms with Crippen molar-refractivity contribution in [3.63, 3.8) is 0 Å². The van der Waals surface area contributed by atoms with Crippen LogP contribution in [0.1, 0.15) is 65.6 Å². The van der Waals surface area contributed by atoms with Crippen molar-refractivity contribution in [3.8, 4) is 0 Å². The Labute approximate surface area is 194 Å². The minimum atomic E-state index is -0.256. The Morgan fingerprint density at radius 3 is 2.58 bits per heavy atom. The number of carbonyl (C=O) groups excluding carboxylic acids is 3. The number of fused-ring (bicyclic) bond motifs is 1. The van der Waals surface area contributed by atoms with Crippen LogP contribution in [0.15, 0.2) is 48.5 Å². The summed E-state index contributed by atoms with van der Waals surface area (Å²) in [6, 6.07) is 15.0. The van der Waals surface area contributed by atoms with E-state index in [2.05, 4.69) is 12.2 Å². The van der Waals surface area contributed by atoms with E-state index in [1.807, 2.05) is 41.3 Å². The van der Waals surface area contributed by atoms with Crippen LogP contribution < -0.4 is 5.32 Å². The van der Waals surface area contributed by atoms with Gasteiger partial charge in [-0.1, -0.05) is 25.1 Å². The maximum atomic E-state index is 13.0. The number of hydrogen-bond donors (Lipinski definition) is 1. The van der Waals surface area contributed by atoms with Gasteiger partial charge in [0.05, 0.1) is 12.5 Å². The molecule has 2 amide bonds. The van der Waals surface area contributed by atoms with Gasteiger partial charge in [-0.25, -0.2) is 0 Å². The minimum absolute atomic E-state index is 0.0398. The third kappa shape index (κ3) is 4.72. The monoisotopic (exact) mass is 449 g/mol. The van der Waals surface area contributed by atoms with Crippen molar-refractivity contribution < 1.29 is 19.1 Å². The Balaban J connectivity index is 1.45. The predicted molar refractivity (Wildman–Crippen MR) is 126 cm³/mol. The maximum Gasteiger partial charge on any atom is 0.310 e. The van der Waals surface area contributed by atoms with E-state index in [0.29, 0.717) is 31.8 Å². The van der Waals surface area contributed by atoms with Crippen molar-refractivity contribution in [2.75, 3.05) is 31.6 Å². The van der Waals surface area contributed by atoms with Gasteiger partial charge in [0.15, 0.2) is 0 Å². The number of amides is 2. The van der Waals surface area contributed by atoms with Crippen molar-refractivity contribution in [2.45, 2.75) is 39.3 Å². The largest absolute Gasteiger partial charge is 0.466 e. The molecular formula is C26H31N3O4. The zero-order chi connectivity index (χ0) is 23.4. The average molecular weight is 450 g/mol. The van der Waals surface area contributed by atoms with Gasteiger partial charge in [0.1, 0.15) is 6.17 Å². The van der Waals surface area contributed by atoms with Gasteiger partial charge >= 0.3 is 5.97 Å². The number of piperidine rings is 1. The first-order chi connectivity index (χ1) is 16.0. The molecule has 2 aromatic rings. The van der Waals surface area contributed by atoms with Crippen LogP contribution in [0, 0.1) is 5.92 Å². The van der Waals surface area contributed by atoms with Gasteiger partial charge in [-0.2, -0.15) is 0 Å². The van der Waals surface area contributed by atoms with Crippen LogP contribution in [0.3, 0.4) is 0 Å². The van der Waals surface area contributed by atoms with Crippen molar-refractivity contribution in [3.05, 3.63) is 65.2 Å². The molecule has 0 bridgehead atoms. The van der Waals surface area contributed by atoms with Crippen LogP contribution in [0.25, 0.3) is 0 Å². The Bertz CT molecular complexity index is 1020. The molecule has 1 saturated heterocycles. The quantitative estimate of drug-likeness (QED) is 0.645. The molecule has 0 radical (unpaired) electrons. The van der Waals surface area contributed by atoms with E-state index in [9.17, 15) is 14.4 Å². The summed E-state index contributed by atoms with van der Waals surface area (Å²) in [5.74, 6) is -0.520. The number of benzene rings is 2. The zero-order valence-corrected chi connectivity index (χ0v) is 19.3. The fourth-order valence-electron chi connectivity index (χ4n) is 4.66. The van der Waals surface area contributed by atoms with Crippen molar-refractivity contribution >= 4 is 23.5 Å². The molecule has 0 aromatic heterocycles. The molecule has 2 atom stereocenters. The highest BCUT2D eigenvalue weighted by molar-refractivity contribution is 5.99. The third-order valence-electron chi connectivity index (χ3n) is 6.29. The molecule has 174 valence electrons. The van der Waals surface area contributed by atoms with Crippen molar-refractivity contribution in [1.82, 2.24) is 9.80 Å². The van der Waals surface area contributed by atoms with Gasteiger partial charge in [0.2, 0.25) is 0 Å². The first-order valence-electron chi connectivity index (χ1n) is 11.8. The second kappa shape index (κ2) is 10.1. The van der Waals surface area contributed by atoms with Crippen LogP contribution in [-0.2, 0) is 9.53 Å². The number of nitrogens with one attached hydrogen (secondary N) is 1. The number of likely N-dealkylation sites (tertiary alicyclic amines) is 1. The highest BCUT2D eigenvalue weighted by Crippen LogP contribution is 2.34. The molecule has 33 heavy (non-hydrogen) atoms. The summed E-state index contributed by atoms with van der Waals surface area (Å²) in [7, 11) is 0. The number of esters is 1. The summed E-state index contributed by atoms with van der Waals surface area (Å²) < 4.78 is 5.14. The molecule has 7 heteroatoms. The lowest BCUT2D eigenvalue weighted by Crippen LogP contribution is -2.42. The SMILES string of the molecule is CCCN1C(=O)c2ccccc2C1Nc1ccc(C(=O)N2CCCC(C(=O)OCC)C2)cc1. The molecule has 2 aliphatic heterocycles. The van der Waals surface area contributed by atoms with E-state index in [1.54, 1.807) is 24.0 Å². The fourth-order valence-corrected chi connectivity index (χ4v) is 4.66. The molecular weight excluding hydrogens is 418 g/mol. The number of ether oxygens (including phenoxy) is 1. The second-order valence-corrected chi connectivity index (χ2v) is 8.55. The summed E-state index contributed by atoms with van der Waals surface area (Å²) in [5.41, 5.74) is 3.12. The van der Waals surface area contributed by atoms with Crippen molar-refractivity contribution in [2.24, 2.45) is 5.92 Å². The van der Waals surface area contributed by atoms with Gasteiger partial charge in [-0.15, -0.1) is 0 Å². The van der Waals surface area contributed by atoms with E-state index in [0.717, 1.165) is 36.1 Å². The maximum absolute atomic E-state index is 13.0. The Kier molecular flexibility index (Phi) is 6.96. The zero-order valence-electron chi connectivity index (χ0n) is 19.3. The smallest absolute Gasteiger partial charge is 0.310 e. The number of rotatable bonds is 7. The van der Waals surface area contributed by atoms with E-state index in [1.165, 1.54) is 0 Å². The molecule has 2 unspecified atom stereocenters. The first-order valence-corrected chi connectivity index (χ1v) is 11.8. The number of nitrogens with zero attached hydrogens (tertiary/aromatic N) is 2. The molecule has 4 rings (SSSR count). The van der Waals surface area contributed by atoms with Gasteiger partial charge < -0.3 is 19.9 Å². The van der Waals surface area contributed by atoms with E-state index in [4.69, 9.17) is 4.74 Å². The molecule has 2 aliphatic rings. The Morgan fingerprint density at radius 1 is 1.09 bits per heavy atom. The lowest BCUT2D eigenvalue weighted by atomic mass is 9.97. The second-order valence-electron chi connectivity index (χ2n) is 8.55. The van der Waals surface area contributed by atoms with Gasteiger partial charge in [-0.05, 0) is 56.5 Å². The van der Waals surface area contributed by atoms with E-state index < -0.39 is 0 Å². The lowest BCUT2D eigenvalue weighted by molar-refractivity contribution is -0.149. The molecule has 0 saturated carbocycles. The third-order valence-corrected chi connectivity index (χ3v) is 6.29.